The fourth-order valence-corrected chi connectivity index (χ4v) is 3.72. The molecule has 29 heavy (non-hydrogen) atoms. The zero-order valence-corrected chi connectivity index (χ0v) is 16.8. The first-order chi connectivity index (χ1) is 14.2. The Balaban J connectivity index is 1.32. The van der Waals surface area contributed by atoms with Crippen LogP contribution in [0.15, 0.2) is 60.9 Å². The van der Waals surface area contributed by atoms with Crippen LogP contribution in [-0.2, 0) is 4.79 Å². The minimum absolute atomic E-state index is 0.0776. The molecule has 0 aliphatic carbocycles. The highest BCUT2D eigenvalue weighted by Crippen LogP contribution is 2.23. The molecule has 1 saturated heterocycles. The van der Waals surface area contributed by atoms with Crippen molar-refractivity contribution in [2.24, 2.45) is 5.92 Å². The van der Waals surface area contributed by atoms with E-state index < -0.39 is 0 Å². The third-order valence-electron chi connectivity index (χ3n) is 5.28. The number of pyridine rings is 1. The first-order valence-corrected chi connectivity index (χ1v) is 10.4. The molecule has 5 heteroatoms. The number of benzene rings is 1. The number of carbonyl (C=O) groups excluding carboxylic acids is 2. The van der Waals surface area contributed by atoms with Gasteiger partial charge in [-0.05, 0) is 61.4 Å². The Morgan fingerprint density at radius 1 is 1.14 bits per heavy atom. The Kier molecular flexibility index (Phi) is 7.99. The number of likely N-dealkylation sites (tertiary alicyclic amines) is 1. The monoisotopic (exact) mass is 391 g/mol. The summed E-state index contributed by atoms with van der Waals surface area (Å²) in [7, 11) is 0. The average Bonchev–Trinajstić information content (AvgIpc) is 2.78. The third kappa shape index (κ3) is 6.86. The summed E-state index contributed by atoms with van der Waals surface area (Å²) in [6, 6.07) is 13.3. The minimum Gasteiger partial charge on any atom is -0.353 e. The molecule has 1 aromatic carbocycles. The van der Waals surface area contributed by atoms with E-state index in [1.54, 1.807) is 24.5 Å². The van der Waals surface area contributed by atoms with Gasteiger partial charge in [-0.15, -0.1) is 0 Å². The number of nitrogens with zero attached hydrogens (tertiary/aromatic N) is 2. The molecule has 1 N–H and O–H groups in total. The molecule has 2 heterocycles. The molecule has 0 spiro atoms. The molecule has 1 aromatic heterocycles. The highest BCUT2D eigenvalue weighted by molar-refractivity contribution is 5.94. The van der Waals surface area contributed by atoms with Crippen LogP contribution >= 0.6 is 0 Å². The number of piperidine rings is 1. The van der Waals surface area contributed by atoms with Crippen LogP contribution in [0.4, 0.5) is 0 Å². The predicted octanol–water partition coefficient (Wildman–Crippen LogP) is 3.93. The van der Waals surface area contributed by atoms with Gasteiger partial charge in [-0.2, -0.15) is 0 Å². The van der Waals surface area contributed by atoms with Crippen LogP contribution in [0.1, 0.15) is 48.0 Å². The van der Waals surface area contributed by atoms with E-state index in [0.29, 0.717) is 12.5 Å². The van der Waals surface area contributed by atoms with Gasteiger partial charge in [0.25, 0.3) is 5.91 Å². The van der Waals surface area contributed by atoms with E-state index >= 15 is 0 Å². The van der Waals surface area contributed by atoms with Crippen LogP contribution in [0.2, 0.25) is 0 Å². The second kappa shape index (κ2) is 11.1. The van der Waals surface area contributed by atoms with Crippen molar-refractivity contribution in [1.29, 1.82) is 0 Å². The van der Waals surface area contributed by atoms with Gasteiger partial charge in [0.15, 0.2) is 0 Å². The molecule has 1 aliphatic rings. The van der Waals surface area contributed by atoms with Crippen molar-refractivity contribution in [2.75, 3.05) is 19.6 Å². The smallest absolute Gasteiger partial charge is 0.253 e. The molecule has 5 nitrogen and oxygen atoms in total. The summed E-state index contributed by atoms with van der Waals surface area (Å²) in [6.45, 7) is 2.37. The summed E-state index contributed by atoms with van der Waals surface area (Å²) in [5.74, 6) is 0.617. The van der Waals surface area contributed by atoms with Crippen molar-refractivity contribution in [1.82, 2.24) is 15.2 Å². The number of hydrogen-bond acceptors (Lipinski definition) is 3. The molecule has 0 bridgehead atoms. The lowest BCUT2D eigenvalue weighted by Crippen LogP contribution is -2.39. The van der Waals surface area contributed by atoms with Gasteiger partial charge in [0.05, 0.1) is 0 Å². The lowest BCUT2D eigenvalue weighted by Gasteiger charge is -2.33. The van der Waals surface area contributed by atoms with E-state index in [1.165, 1.54) is 6.42 Å². The summed E-state index contributed by atoms with van der Waals surface area (Å²) in [5.41, 5.74) is 1.68. The van der Waals surface area contributed by atoms with Crippen LogP contribution in [0.25, 0.3) is 6.08 Å². The number of carbonyl (C=O) groups is 2. The Hall–Kier alpha value is -2.95. The fraction of sp³-hybridized carbons (Fsp3) is 0.375. The highest BCUT2D eigenvalue weighted by Gasteiger charge is 2.23. The largest absolute Gasteiger partial charge is 0.353 e. The van der Waals surface area contributed by atoms with Gasteiger partial charge in [-0.25, -0.2) is 0 Å². The Labute approximate surface area is 172 Å². The summed E-state index contributed by atoms with van der Waals surface area (Å²) >= 11 is 0. The van der Waals surface area contributed by atoms with Crippen molar-refractivity contribution in [2.45, 2.75) is 32.1 Å². The number of nitrogens with one attached hydrogen (secondary N) is 1. The number of aromatic nitrogens is 1. The molecule has 152 valence electrons. The van der Waals surface area contributed by atoms with Crippen molar-refractivity contribution in [3.8, 4) is 0 Å². The molecule has 0 saturated carbocycles. The van der Waals surface area contributed by atoms with Crippen molar-refractivity contribution in [3.05, 3.63) is 72.1 Å². The molecule has 2 aromatic rings. The van der Waals surface area contributed by atoms with Gasteiger partial charge in [-0.3, -0.25) is 14.6 Å². The first kappa shape index (κ1) is 20.8. The van der Waals surface area contributed by atoms with E-state index in [0.717, 1.165) is 49.9 Å². The second-order valence-corrected chi connectivity index (χ2v) is 7.53. The zero-order valence-electron chi connectivity index (χ0n) is 16.8. The van der Waals surface area contributed by atoms with Gasteiger partial charge in [0.1, 0.15) is 0 Å². The number of rotatable bonds is 8. The van der Waals surface area contributed by atoms with Gasteiger partial charge in [0, 0.05) is 43.7 Å². The summed E-state index contributed by atoms with van der Waals surface area (Å²) in [5, 5.41) is 2.93. The van der Waals surface area contributed by atoms with Crippen LogP contribution in [0.3, 0.4) is 0 Å². The van der Waals surface area contributed by atoms with Gasteiger partial charge in [-0.1, -0.05) is 30.7 Å². The number of amides is 2. The highest BCUT2D eigenvalue weighted by atomic mass is 16.2. The standard InChI is InChI=1S/C24H29N3O2/c28-23(14-13-20-9-6-15-25-18-20)26-16-5-4-8-21-10-7-17-27(19-21)24(29)22-11-2-1-3-12-22/h1-3,6,9,11-15,18,21H,4-5,7-8,10,16-17,19H2,(H,26,28)/b14-13+. The van der Waals surface area contributed by atoms with E-state index in [2.05, 4.69) is 10.3 Å². The molecule has 1 atom stereocenters. The van der Waals surface area contributed by atoms with Gasteiger partial charge in [0.2, 0.25) is 5.91 Å². The maximum Gasteiger partial charge on any atom is 0.253 e. The van der Waals surface area contributed by atoms with Gasteiger partial charge >= 0.3 is 0 Å². The molecular weight excluding hydrogens is 362 g/mol. The molecule has 3 rings (SSSR count). The van der Waals surface area contributed by atoms with Crippen LogP contribution in [0.5, 0.6) is 0 Å². The summed E-state index contributed by atoms with van der Waals surface area (Å²) in [6.07, 6.45) is 12.1. The Morgan fingerprint density at radius 2 is 2.00 bits per heavy atom. The van der Waals surface area contributed by atoms with E-state index in [4.69, 9.17) is 0 Å². The van der Waals surface area contributed by atoms with Crippen molar-refractivity contribution < 1.29 is 9.59 Å². The number of unbranched alkanes of at least 4 members (excludes halogenated alkanes) is 1. The average molecular weight is 392 g/mol. The quantitative estimate of drug-likeness (QED) is 0.548. The maximum absolute atomic E-state index is 12.6. The maximum atomic E-state index is 12.6. The molecule has 2 amide bonds. The van der Waals surface area contributed by atoms with Crippen molar-refractivity contribution in [3.63, 3.8) is 0 Å². The molecule has 0 radical (unpaired) electrons. The van der Waals surface area contributed by atoms with Crippen molar-refractivity contribution >= 4 is 17.9 Å². The van der Waals surface area contributed by atoms with E-state index in [9.17, 15) is 9.59 Å². The minimum atomic E-state index is -0.0776. The SMILES string of the molecule is O=C(/C=C/c1cccnc1)NCCCCC1CCCN(C(=O)c2ccccc2)C1. The van der Waals surface area contributed by atoms with Crippen LogP contribution in [0, 0.1) is 5.92 Å². The summed E-state index contributed by atoms with van der Waals surface area (Å²) in [4.78, 5) is 30.5. The van der Waals surface area contributed by atoms with Gasteiger partial charge < -0.3 is 10.2 Å². The fourth-order valence-electron chi connectivity index (χ4n) is 3.72. The topological polar surface area (TPSA) is 62.3 Å². The normalized spacial score (nSPS) is 16.7. The molecule has 1 aliphatic heterocycles. The lowest BCUT2D eigenvalue weighted by atomic mass is 9.92. The molecule has 1 unspecified atom stereocenters. The van der Waals surface area contributed by atoms with E-state index in [-0.39, 0.29) is 11.8 Å². The Morgan fingerprint density at radius 3 is 2.79 bits per heavy atom. The predicted molar refractivity (Wildman–Crippen MR) is 115 cm³/mol. The van der Waals surface area contributed by atoms with Crippen LogP contribution < -0.4 is 5.32 Å². The number of hydrogen-bond donors (Lipinski definition) is 1. The third-order valence-corrected chi connectivity index (χ3v) is 5.28. The van der Waals surface area contributed by atoms with E-state index in [1.807, 2.05) is 47.4 Å². The lowest BCUT2D eigenvalue weighted by molar-refractivity contribution is -0.116. The van der Waals surface area contributed by atoms with Crippen LogP contribution in [-0.4, -0.2) is 41.3 Å². The molecule has 1 fully saturated rings. The Bertz CT molecular complexity index is 805. The first-order valence-electron chi connectivity index (χ1n) is 10.4. The summed E-state index contributed by atoms with van der Waals surface area (Å²) < 4.78 is 0. The second-order valence-electron chi connectivity index (χ2n) is 7.53. The molecular formula is C24H29N3O2. The zero-order chi connectivity index (χ0) is 20.3.